The van der Waals surface area contributed by atoms with Gasteiger partial charge in [0, 0.05) is 10.7 Å². The number of hydrogen-bond donors (Lipinski definition) is 1. The van der Waals surface area contributed by atoms with Gasteiger partial charge in [-0.2, -0.15) is 0 Å². The van der Waals surface area contributed by atoms with Gasteiger partial charge in [-0.25, -0.2) is 0 Å². The number of nitrogens with zero attached hydrogens (tertiary/aromatic N) is 1. The lowest BCUT2D eigenvalue weighted by molar-refractivity contribution is 0.826. The van der Waals surface area contributed by atoms with Gasteiger partial charge in [-0.15, -0.1) is 0 Å². The largest absolute Gasteiger partial charge is 0.319 e. The van der Waals surface area contributed by atoms with Gasteiger partial charge in [-0.1, -0.05) is 18.2 Å². The van der Waals surface area contributed by atoms with E-state index < -0.39 is 0 Å². The smallest absolute Gasteiger partial charge is 0.0726 e. The van der Waals surface area contributed by atoms with E-state index >= 15 is 0 Å². The summed E-state index contributed by atoms with van der Waals surface area (Å²) >= 11 is 3.37. The van der Waals surface area contributed by atoms with Crippen LogP contribution in [0.2, 0.25) is 0 Å². The van der Waals surface area contributed by atoms with Gasteiger partial charge < -0.3 is 5.73 Å². The molecule has 0 bridgehead atoms. The van der Waals surface area contributed by atoms with Crippen LogP contribution in [0.4, 0.5) is 0 Å². The Bertz CT molecular complexity index is 520. The Balaban J connectivity index is 2.33. The van der Waals surface area contributed by atoms with E-state index in [0.717, 1.165) is 15.7 Å². The average molecular weight is 291 g/mol. The molecule has 1 aromatic heterocycles. The molecule has 0 radical (unpaired) electrons. The lowest BCUT2D eigenvalue weighted by Gasteiger charge is -2.13. The van der Waals surface area contributed by atoms with E-state index in [-0.39, 0.29) is 6.04 Å². The van der Waals surface area contributed by atoms with Gasteiger partial charge in [0.2, 0.25) is 0 Å². The molecule has 0 aliphatic carbocycles. The number of aromatic nitrogens is 1. The quantitative estimate of drug-likeness (QED) is 0.919. The molecule has 1 heterocycles. The molecule has 0 aliphatic heterocycles. The summed E-state index contributed by atoms with van der Waals surface area (Å²) in [7, 11) is 0. The predicted molar refractivity (Wildman–Crippen MR) is 73.9 cm³/mol. The maximum absolute atomic E-state index is 6.21. The molecule has 2 nitrogen and oxygen atoms in total. The maximum Gasteiger partial charge on any atom is 0.0726 e. The highest BCUT2D eigenvalue weighted by Gasteiger charge is 2.10. The van der Waals surface area contributed by atoms with E-state index in [4.69, 9.17) is 5.73 Å². The zero-order chi connectivity index (χ0) is 12.4. The van der Waals surface area contributed by atoms with Crippen molar-refractivity contribution in [2.75, 3.05) is 0 Å². The van der Waals surface area contributed by atoms with E-state index in [1.54, 1.807) is 6.20 Å². The van der Waals surface area contributed by atoms with Gasteiger partial charge in [-0.05, 0) is 58.6 Å². The van der Waals surface area contributed by atoms with Gasteiger partial charge in [0.05, 0.1) is 11.7 Å². The highest BCUT2D eigenvalue weighted by Crippen LogP contribution is 2.21. The minimum atomic E-state index is -0.164. The molecule has 1 aromatic carbocycles. The molecule has 0 spiro atoms. The van der Waals surface area contributed by atoms with Crippen molar-refractivity contribution in [3.05, 3.63) is 63.4 Å². The third-order valence-corrected chi connectivity index (χ3v) is 3.43. The van der Waals surface area contributed by atoms with Crippen molar-refractivity contribution < 1.29 is 0 Å². The summed E-state index contributed by atoms with van der Waals surface area (Å²) < 4.78 is 0.966. The molecular weight excluding hydrogens is 276 g/mol. The van der Waals surface area contributed by atoms with Gasteiger partial charge in [0.1, 0.15) is 0 Å². The Hall–Kier alpha value is -1.19. The van der Waals surface area contributed by atoms with E-state index in [9.17, 15) is 0 Å². The van der Waals surface area contributed by atoms with Crippen molar-refractivity contribution in [1.29, 1.82) is 0 Å². The molecule has 1 atom stereocenters. The lowest BCUT2D eigenvalue weighted by atomic mass is 9.99. The minimum Gasteiger partial charge on any atom is -0.319 e. The number of aryl methyl sites for hydroxylation is 2. The van der Waals surface area contributed by atoms with Crippen molar-refractivity contribution in [2.45, 2.75) is 19.9 Å². The Morgan fingerprint density at radius 3 is 2.47 bits per heavy atom. The highest BCUT2D eigenvalue weighted by atomic mass is 79.9. The first-order valence-electron chi connectivity index (χ1n) is 5.52. The summed E-state index contributed by atoms with van der Waals surface area (Å²) in [4.78, 5) is 4.33. The standard InChI is InChI=1S/C14H15BrN2/c1-9-3-4-11(7-10(9)2)14(16)13-6-5-12(15)8-17-13/h3-8,14H,16H2,1-2H3. The van der Waals surface area contributed by atoms with Crippen molar-refractivity contribution in [1.82, 2.24) is 4.98 Å². The van der Waals surface area contributed by atoms with Crippen LogP contribution in [-0.4, -0.2) is 4.98 Å². The fourth-order valence-corrected chi connectivity index (χ4v) is 1.93. The number of rotatable bonds is 2. The number of benzene rings is 1. The van der Waals surface area contributed by atoms with Gasteiger partial charge in [-0.3, -0.25) is 4.98 Å². The first kappa shape index (κ1) is 12.3. The minimum absolute atomic E-state index is 0.164. The average Bonchev–Trinajstić information content (AvgIpc) is 2.33. The van der Waals surface area contributed by atoms with Crippen LogP contribution in [-0.2, 0) is 0 Å². The Morgan fingerprint density at radius 2 is 1.88 bits per heavy atom. The molecule has 0 amide bonds. The molecule has 2 N–H and O–H groups in total. The summed E-state index contributed by atoms with van der Waals surface area (Å²) in [6.07, 6.45) is 1.77. The van der Waals surface area contributed by atoms with Gasteiger partial charge in [0.25, 0.3) is 0 Å². The second-order valence-corrected chi connectivity index (χ2v) is 5.14. The van der Waals surface area contributed by atoms with Crippen molar-refractivity contribution in [2.24, 2.45) is 5.73 Å². The molecule has 3 heteroatoms. The maximum atomic E-state index is 6.21. The van der Waals surface area contributed by atoms with E-state index in [1.165, 1.54) is 11.1 Å². The van der Waals surface area contributed by atoms with Gasteiger partial charge >= 0.3 is 0 Å². The van der Waals surface area contributed by atoms with E-state index in [0.29, 0.717) is 0 Å². The third kappa shape index (κ3) is 2.73. The van der Waals surface area contributed by atoms with Gasteiger partial charge in [0.15, 0.2) is 0 Å². The van der Waals surface area contributed by atoms with Crippen LogP contribution in [0.5, 0.6) is 0 Å². The van der Waals surface area contributed by atoms with Crippen LogP contribution in [0, 0.1) is 13.8 Å². The topological polar surface area (TPSA) is 38.9 Å². The normalized spacial score (nSPS) is 12.5. The third-order valence-electron chi connectivity index (χ3n) is 2.96. The SMILES string of the molecule is Cc1ccc(C(N)c2ccc(Br)cn2)cc1C. The van der Waals surface area contributed by atoms with Crippen molar-refractivity contribution in [3.8, 4) is 0 Å². The fourth-order valence-electron chi connectivity index (χ4n) is 1.70. The van der Waals surface area contributed by atoms with Crippen molar-refractivity contribution >= 4 is 15.9 Å². The molecule has 0 fully saturated rings. The molecular formula is C14H15BrN2. The monoisotopic (exact) mass is 290 g/mol. The fraction of sp³-hybridized carbons (Fsp3) is 0.214. The summed E-state index contributed by atoms with van der Waals surface area (Å²) in [5.74, 6) is 0. The first-order valence-corrected chi connectivity index (χ1v) is 6.31. The summed E-state index contributed by atoms with van der Waals surface area (Å²) in [6, 6.07) is 10.0. The Morgan fingerprint density at radius 1 is 1.12 bits per heavy atom. The number of hydrogen-bond acceptors (Lipinski definition) is 2. The first-order chi connectivity index (χ1) is 8.08. The molecule has 0 saturated carbocycles. The summed E-state index contributed by atoms with van der Waals surface area (Å²) in [5, 5.41) is 0. The number of nitrogens with two attached hydrogens (primary N) is 1. The highest BCUT2D eigenvalue weighted by molar-refractivity contribution is 9.10. The number of pyridine rings is 1. The molecule has 2 rings (SSSR count). The second-order valence-electron chi connectivity index (χ2n) is 4.22. The van der Waals surface area contributed by atoms with E-state index in [2.05, 4.69) is 53.0 Å². The number of halogens is 1. The van der Waals surface area contributed by atoms with Crippen LogP contribution >= 0.6 is 15.9 Å². The van der Waals surface area contributed by atoms with Crippen LogP contribution in [0.15, 0.2) is 41.0 Å². The van der Waals surface area contributed by atoms with Crippen LogP contribution in [0.3, 0.4) is 0 Å². The molecule has 88 valence electrons. The van der Waals surface area contributed by atoms with Crippen LogP contribution in [0.1, 0.15) is 28.4 Å². The second kappa shape index (κ2) is 4.98. The molecule has 1 unspecified atom stereocenters. The molecule has 0 aliphatic rings. The molecule has 2 aromatic rings. The predicted octanol–water partition coefficient (Wildman–Crippen LogP) is 3.51. The lowest BCUT2D eigenvalue weighted by Crippen LogP contribution is -2.13. The zero-order valence-corrected chi connectivity index (χ0v) is 11.5. The van der Waals surface area contributed by atoms with Crippen molar-refractivity contribution in [3.63, 3.8) is 0 Å². The molecule has 17 heavy (non-hydrogen) atoms. The Kier molecular flexibility index (Phi) is 3.60. The van der Waals surface area contributed by atoms with Crippen LogP contribution < -0.4 is 5.73 Å². The van der Waals surface area contributed by atoms with E-state index in [1.807, 2.05) is 12.1 Å². The summed E-state index contributed by atoms with van der Waals surface area (Å²) in [6.45, 7) is 4.20. The molecule has 0 saturated heterocycles. The zero-order valence-electron chi connectivity index (χ0n) is 9.94. The van der Waals surface area contributed by atoms with Crippen LogP contribution in [0.25, 0.3) is 0 Å². The Labute approximate surface area is 110 Å². The summed E-state index contributed by atoms with van der Waals surface area (Å²) in [5.41, 5.74) is 10.7.